The lowest BCUT2D eigenvalue weighted by molar-refractivity contribution is 0.422. The molecule has 0 radical (unpaired) electrons. The molecule has 0 saturated heterocycles. The van der Waals surface area contributed by atoms with Gasteiger partial charge in [-0.2, -0.15) is 0 Å². The van der Waals surface area contributed by atoms with E-state index in [1.54, 1.807) is 18.2 Å². The third-order valence-corrected chi connectivity index (χ3v) is 4.98. The van der Waals surface area contributed by atoms with Gasteiger partial charge in [-0.3, -0.25) is 0 Å². The van der Waals surface area contributed by atoms with Crippen LogP contribution in [0.2, 0.25) is 0 Å². The second-order valence-electron chi connectivity index (χ2n) is 6.74. The first-order valence-electron chi connectivity index (χ1n) is 8.70. The van der Waals surface area contributed by atoms with Crippen molar-refractivity contribution in [3.63, 3.8) is 0 Å². The maximum atomic E-state index is 14.2. The third kappa shape index (κ3) is 3.99. The van der Waals surface area contributed by atoms with E-state index in [-0.39, 0.29) is 11.6 Å². The van der Waals surface area contributed by atoms with E-state index in [1.165, 1.54) is 5.56 Å². The van der Waals surface area contributed by atoms with E-state index in [9.17, 15) is 8.78 Å². The molecule has 3 rings (SSSR count). The van der Waals surface area contributed by atoms with Gasteiger partial charge in [0.2, 0.25) is 0 Å². The van der Waals surface area contributed by atoms with Crippen LogP contribution >= 0.6 is 0 Å². The van der Waals surface area contributed by atoms with Crippen LogP contribution < -0.4 is 0 Å². The van der Waals surface area contributed by atoms with Crippen LogP contribution in [0.3, 0.4) is 0 Å². The summed E-state index contributed by atoms with van der Waals surface area (Å²) in [5.74, 6) is 0.305. The molecule has 0 nitrogen and oxygen atoms in total. The van der Waals surface area contributed by atoms with Crippen LogP contribution in [0.4, 0.5) is 8.78 Å². The molecule has 2 aromatic carbocycles. The first-order chi connectivity index (χ1) is 11.2. The topological polar surface area (TPSA) is 0 Å². The lowest BCUT2D eigenvalue weighted by atomic mass is 9.81. The highest BCUT2D eigenvalue weighted by molar-refractivity contribution is 5.31. The van der Waals surface area contributed by atoms with E-state index in [1.807, 2.05) is 18.2 Å². The van der Waals surface area contributed by atoms with E-state index >= 15 is 0 Å². The fourth-order valence-corrected chi connectivity index (χ4v) is 3.64. The van der Waals surface area contributed by atoms with Gasteiger partial charge in [-0.25, -0.2) is 8.78 Å². The van der Waals surface area contributed by atoms with E-state index < -0.39 is 0 Å². The van der Waals surface area contributed by atoms with Crippen molar-refractivity contribution >= 4 is 0 Å². The van der Waals surface area contributed by atoms with Crippen molar-refractivity contribution in [2.75, 3.05) is 0 Å². The molecule has 0 spiro atoms. The molecule has 0 amide bonds. The quantitative estimate of drug-likeness (QED) is 0.668. The summed E-state index contributed by atoms with van der Waals surface area (Å²) in [6.45, 7) is 2.11. The molecule has 23 heavy (non-hydrogen) atoms. The number of fused-ring (bicyclic) bond motifs is 1. The minimum atomic E-state index is -0.151. The van der Waals surface area contributed by atoms with Gasteiger partial charge in [0.05, 0.1) is 0 Å². The van der Waals surface area contributed by atoms with Crippen molar-refractivity contribution in [3.05, 3.63) is 70.3 Å². The molecular weight excluding hydrogens is 290 g/mol. The molecule has 0 heterocycles. The van der Waals surface area contributed by atoms with Crippen molar-refractivity contribution in [3.8, 4) is 0 Å². The average Bonchev–Trinajstić information content (AvgIpc) is 2.54. The van der Waals surface area contributed by atoms with Gasteiger partial charge in [0.15, 0.2) is 0 Å². The van der Waals surface area contributed by atoms with Gasteiger partial charge in [0, 0.05) is 0 Å². The zero-order valence-corrected chi connectivity index (χ0v) is 13.7. The van der Waals surface area contributed by atoms with E-state index in [2.05, 4.69) is 6.92 Å². The molecule has 1 aliphatic rings. The Kier molecular flexibility index (Phi) is 5.09. The summed E-state index contributed by atoms with van der Waals surface area (Å²) in [5, 5.41) is 0. The molecule has 0 saturated carbocycles. The summed E-state index contributed by atoms with van der Waals surface area (Å²) in [5.41, 5.74) is 4.31. The van der Waals surface area contributed by atoms with Crippen LogP contribution in [0, 0.1) is 17.6 Å². The van der Waals surface area contributed by atoms with Gasteiger partial charge in [-0.15, -0.1) is 0 Å². The Morgan fingerprint density at radius 1 is 1.00 bits per heavy atom. The van der Waals surface area contributed by atoms with Crippen molar-refractivity contribution in [1.82, 2.24) is 0 Å². The number of halogens is 2. The Morgan fingerprint density at radius 3 is 2.65 bits per heavy atom. The summed E-state index contributed by atoms with van der Waals surface area (Å²) in [7, 11) is 0. The van der Waals surface area contributed by atoms with Gasteiger partial charge >= 0.3 is 0 Å². The number of rotatable bonds is 5. The fourth-order valence-electron chi connectivity index (χ4n) is 3.64. The molecule has 1 aliphatic carbocycles. The van der Waals surface area contributed by atoms with E-state index in [4.69, 9.17) is 0 Å². The third-order valence-electron chi connectivity index (χ3n) is 4.98. The lowest BCUT2D eigenvalue weighted by Gasteiger charge is -2.24. The van der Waals surface area contributed by atoms with Crippen LogP contribution in [0.1, 0.15) is 48.4 Å². The Balaban J connectivity index is 1.61. The maximum absolute atomic E-state index is 14.2. The summed E-state index contributed by atoms with van der Waals surface area (Å²) < 4.78 is 27.5. The minimum absolute atomic E-state index is 0.0711. The predicted molar refractivity (Wildman–Crippen MR) is 90.6 cm³/mol. The highest BCUT2D eigenvalue weighted by Gasteiger charge is 2.19. The zero-order valence-electron chi connectivity index (χ0n) is 13.7. The molecule has 0 bridgehead atoms. The lowest BCUT2D eigenvalue weighted by Crippen LogP contribution is -2.15. The Labute approximate surface area is 137 Å². The molecule has 0 aromatic heterocycles. The highest BCUT2D eigenvalue weighted by Crippen LogP contribution is 2.29. The standard InChI is InChI=1S/C21H24F2/c1-2-3-15-5-8-18(21(23)13-15)9-6-16-4-7-17-10-11-20(22)14-19(17)12-16/h5,8,10-11,13-14,16H,2-4,6-7,9,12H2,1H3. The Morgan fingerprint density at radius 2 is 1.87 bits per heavy atom. The molecule has 2 heteroatoms. The van der Waals surface area contributed by atoms with Crippen LogP contribution in [0.15, 0.2) is 36.4 Å². The van der Waals surface area contributed by atoms with Crippen LogP contribution in [-0.2, 0) is 25.7 Å². The molecule has 0 N–H and O–H groups in total. The second-order valence-corrected chi connectivity index (χ2v) is 6.74. The molecule has 0 fully saturated rings. The minimum Gasteiger partial charge on any atom is -0.207 e. The largest absolute Gasteiger partial charge is 0.207 e. The smallest absolute Gasteiger partial charge is 0.126 e. The van der Waals surface area contributed by atoms with Crippen molar-refractivity contribution in [2.24, 2.45) is 5.92 Å². The van der Waals surface area contributed by atoms with E-state index in [0.717, 1.165) is 61.6 Å². The Hall–Kier alpha value is -1.70. The molecule has 122 valence electrons. The number of hydrogen-bond donors (Lipinski definition) is 0. The summed E-state index contributed by atoms with van der Waals surface area (Å²) in [6.07, 6.45) is 6.77. The van der Waals surface area contributed by atoms with Gasteiger partial charge < -0.3 is 0 Å². The van der Waals surface area contributed by atoms with Gasteiger partial charge in [0.25, 0.3) is 0 Å². The van der Waals surface area contributed by atoms with Crippen LogP contribution in [0.5, 0.6) is 0 Å². The Bertz CT molecular complexity index is 676. The normalized spacial score (nSPS) is 17.1. The monoisotopic (exact) mass is 314 g/mol. The SMILES string of the molecule is CCCc1ccc(CCC2CCc3ccc(F)cc3C2)c(F)c1. The number of hydrogen-bond acceptors (Lipinski definition) is 0. The van der Waals surface area contributed by atoms with Crippen LogP contribution in [-0.4, -0.2) is 0 Å². The molecule has 0 aliphatic heterocycles. The highest BCUT2D eigenvalue weighted by atomic mass is 19.1. The second kappa shape index (κ2) is 7.25. The summed E-state index contributed by atoms with van der Waals surface area (Å²) in [6, 6.07) is 10.8. The van der Waals surface area contributed by atoms with Gasteiger partial charge in [0.1, 0.15) is 11.6 Å². The summed E-state index contributed by atoms with van der Waals surface area (Å²) in [4.78, 5) is 0. The fraction of sp³-hybridized carbons (Fsp3) is 0.429. The molecular formula is C21H24F2. The maximum Gasteiger partial charge on any atom is 0.126 e. The number of benzene rings is 2. The average molecular weight is 314 g/mol. The van der Waals surface area contributed by atoms with E-state index in [0.29, 0.717) is 5.92 Å². The van der Waals surface area contributed by atoms with Gasteiger partial charge in [-0.05, 0) is 84.9 Å². The molecule has 1 atom stereocenters. The number of aryl methyl sites for hydroxylation is 3. The predicted octanol–water partition coefficient (Wildman–Crippen LogP) is 5.66. The summed E-state index contributed by atoms with van der Waals surface area (Å²) >= 11 is 0. The van der Waals surface area contributed by atoms with Gasteiger partial charge in [-0.1, -0.05) is 31.5 Å². The van der Waals surface area contributed by atoms with Crippen LogP contribution in [0.25, 0.3) is 0 Å². The van der Waals surface area contributed by atoms with Crippen molar-refractivity contribution in [2.45, 2.75) is 51.9 Å². The van der Waals surface area contributed by atoms with Crippen molar-refractivity contribution < 1.29 is 8.78 Å². The molecule has 1 unspecified atom stereocenters. The molecule has 2 aromatic rings. The zero-order chi connectivity index (χ0) is 16.2. The van der Waals surface area contributed by atoms with Crippen molar-refractivity contribution in [1.29, 1.82) is 0 Å². The first kappa shape index (κ1) is 16.2. The first-order valence-corrected chi connectivity index (χ1v) is 8.70.